The molecule has 1 aromatic rings. The van der Waals surface area contributed by atoms with E-state index in [1.165, 1.54) is 13.8 Å². The van der Waals surface area contributed by atoms with Crippen molar-refractivity contribution in [2.24, 2.45) is 11.1 Å². The summed E-state index contributed by atoms with van der Waals surface area (Å²) in [5, 5.41) is 10.6. The first-order valence-corrected chi connectivity index (χ1v) is 7.29. The monoisotopic (exact) mass is 316 g/mol. The lowest BCUT2D eigenvalue weighted by Crippen LogP contribution is -2.42. The van der Waals surface area contributed by atoms with Crippen LogP contribution in [0.15, 0.2) is 23.1 Å². The van der Waals surface area contributed by atoms with Crippen LogP contribution in [0.2, 0.25) is 0 Å². The average molecular weight is 316 g/mol. The molecule has 1 aromatic carbocycles. The van der Waals surface area contributed by atoms with E-state index in [2.05, 4.69) is 4.72 Å². The van der Waals surface area contributed by atoms with Gasteiger partial charge in [-0.25, -0.2) is 13.1 Å². The van der Waals surface area contributed by atoms with Gasteiger partial charge in [0.15, 0.2) is 0 Å². The van der Waals surface area contributed by atoms with Crippen molar-refractivity contribution in [3.8, 4) is 0 Å². The third kappa shape index (κ3) is 3.89. The predicted molar refractivity (Wildman–Crippen MR) is 75.7 cm³/mol. The van der Waals surface area contributed by atoms with Crippen molar-refractivity contribution in [3.63, 3.8) is 0 Å². The maximum Gasteiger partial charge on any atom is 0.271 e. The Bertz CT molecular complexity index is 684. The molecule has 0 spiro atoms. The van der Waals surface area contributed by atoms with Crippen LogP contribution in [0.4, 0.5) is 11.4 Å². The van der Waals surface area contributed by atoms with Gasteiger partial charge in [0, 0.05) is 18.7 Å². The lowest BCUT2D eigenvalue weighted by molar-refractivity contribution is -0.384. The van der Waals surface area contributed by atoms with Crippen LogP contribution in [-0.2, 0) is 14.8 Å². The lowest BCUT2D eigenvalue weighted by Gasteiger charge is -2.20. The zero-order chi connectivity index (χ0) is 16.4. The SMILES string of the molecule is CC(C)(CNS(=O)(=O)c1ccc([N+](=O)[O-])cc1N)C(N)=O. The molecule has 116 valence electrons. The van der Waals surface area contributed by atoms with E-state index in [-0.39, 0.29) is 22.8 Å². The first kappa shape index (κ1) is 16.9. The van der Waals surface area contributed by atoms with Gasteiger partial charge in [-0.1, -0.05) is 0 Å². The summed E-state index contributed by atoms with van der Waals surface area (Å²) < 4.78 is 26.4. The normalized spacial score (nSPS) is 12.1. The molecule has 0 fully saturated rings. The quantitative estimate of drug-likeness (QED) is 0.379. The van der Waals surface area contributed by atoms with Crippen LogP contribution < -0.4 is 16.2 Å². The maximum absolute atomic E-state index is 12.1. The van der Waals surface area contributed by atoms with Gasteiger partial charge in [-0.2, -0.15) is 0 Å². The van der Waals surface area contributed by atoms with Crippen LogP contribution in [0.1, 0.15) is 13.8 Å². The number of amides is 1. The predicted octanol–water partition coefficient (Wildman–Crippen LogP) is -0.0332. The Labute approximate surface area is 121 Å². The number of sulfonamides is 1. The number of non-ortho nitro benzene ring substituents is 1. The smallest absolute Gasteiger partial charge is 0.271 e. The number of hydrogen-bond donors (Lipinski definition) is 3. The molecular formula is C11H16N4O5S. The van der Waals surface area contributed by atoms with E-state index in [1.54, 1.807) is 0 Å². The van der Waals surface area contributed by atoms with Gasteiger partial charge >= 0.3 is 0 Å². The third-order valence-electron chi connectivity index (χ3n) is 2.86. The fraction of sp³-hybridized carbons (Fsp3) is 0.364. The van der Waals surface area contributed by atoms with Crippen molar-refractivity contribution in [3.05, 3.63) is 28.3 Å². The highest BCUT2D eigenvalue weighted by atomic mass is 32.2. The number of nitrogens with one attached hydrogen (secondary N) is 1. The van der Waals surface area contributed by atoms with Gasteiger partial charge in [0.1, 0.15) is 4.90 Å². The minimum Gasteiger partial charge on any atom is -0.397 e. The number of hydrogen-bond acceptors (Lipinski definition) is 6. The second kappa shape index (κ2) is 5.66. The van der Waals surface area contributed by atoms with Crippen molar-refractivity contribution < 1.29 is 18.1 Å². The van der Waals surface area contributed by atoms with Gasteiger partial charge in [-0.15, -0.1) is 0 Å². The zero-order valence-electron chi connectivity index (χ0n) is 11.5. The topological polar surface area (TPSA) is 158 Å². The number of nitro benzene ring substituents is 1. The number of carbonyl (C=O) groups is 1. The van der Waals surface area contributed by atoms with E-state index in [4.69, 9.17) is 11.5 Å². The van der Waals surface area contributed by atoms with Crippen LogP contribution in [0, 0.1) is 15.5 Å². The van der Waals surface area contributed by atoms with E-state index >= 15 is 0 Å². The van der Waals surface area contributed by atoms with Crippen molar-refractivity contribution in [2.45, 2.75) is 18.7 Å². The summed E-state index contributed by atoms with van der Waals surface area (Å²) in [6.07, 6.45) is 0. The Kier molecular flexibility index (Phi) is 4.54. The van der Waals surface area contributed by atoms with Crippen molar-refractivity contribution in [1.29, 1.82) is 0 Å². The molecule has 21 heavy (non-hydrogen) atoms. The van der Waals surface area contributed by atoms with Crippen LogP contribution in [0.5, 0.6) is 0 Å². The molecule has 10 heteroatoms. The van der Waals surface area contributed by atoms with E-state index < -0.39 is 26.3 Å². The molecule has 1 amide bonds. The summed E-state index contributed by atoms with van der Waals surface area (Å²) >= 11 is 0. The molecular weight excluding hydrogens is 300 g/mol. The molecule has 0 unspecified atom stereocenters. The summed E-state index contributed by atoms with van der Waals surface area (Å²) in [7, 11) is -4.01. The van der Waals surface area contributed by atoms with Gasteiger partial charge in [-0.05, 0) is 19.9 Å². The minimum atomic E-state index is -4.01. The number of primary amides is 1. The maximum atomic E-state index is 12.1. The highest BCUT2D eigenvalue weighted by Gasteiger charge is 2.28. The summed E-state index contributed by atoms with van der Waals surface area (Å²) in [6, 6.07) is 3.02. The van der Waals surface area contributed by atoms with Crippen LogP contribution in [-0.4, -0.2) is 25.8 Å². The number of benzene rings is 1. The van der Waals surface area contributed by atoms with Crippen LogP contribution in [0.25, 0.3) is 0 Å². The summed E-state index contributed by atoms with van der Waals surface area (Å²) in [5.41, 5.74) is 9.02. The molecule has 0 aliphatic rings. The summed E-state index contributed by atoms with van der Waals surface area (Å²) in [5.74, 6) is -0.665. The van der Waals surface area contributed by atoms with Gasteiger partial charge in [0.05, 0.1) is 16.0 Å². The molecule has 9 nitrogen and oxygen atoms in total. The van der Waals surface area contributed by atoms with Crippen LogP contribution in [0.3, 0.4) is 0 Å². The van der Waals surface area contributed by atoms with Gasteiger partial charge < -0.3 is 11.5 Å². The Morgan fingerprint density at radius 3 is 2.43 bits per heavy atom. The first-order chi connectivity index (χ1) is 9.47. The molecule has 0 bridgehead atoms. The molecule has 0 aliphatic carbocycles. The second-order valence-corrected chi connectivity index (χ2v) is 6.79. The molecule has 0 saturated carbocycles. The highest BCUT2D eigenvalue weighted by Crippen LogP contribution is 2.24. The number of anilines is 1. The van der Waals surface area contributed by atoms with E-state index in [9.17, 15) is 23.3 Å². The zero-order valence-corrected chi connectivity index (χ0v) is 12.3. The Hall–Kier alpha value is -2.20. The Morgan fingerprint density at radius 1 is 1.43 bits per heavy atom. The lowest BCUT2D eigenvalue weighted by atomic mass is 9.93. The van der Waals surface area contributed by atoms with Gasteiger partial charge in [0.2, 0.25) is 15.9 Å². The van der Waals surface area contributed by atoms with E-state index in [1.807, 2.05) is 0 Å². The number of carbonyl (C=O) groups excluding carboxylic acids is 1. The van der Waals surface area contributed by atoms with Crippen molar-refractivity contribution in [1.82, 2.24) is 4.72 Å². The molecule has 0 heterocycles. The highest BCUT2D eigenvalue weighted by molar-refractivity contribution is 7.89. The Balaban J connectivity index is 3.04. The molecule has 0 atom stereocenters. The van der Waals surface area contributed by atoms with E-state index in [0.717, 1.165) is 18.2 Å². The van der Waals surface area contributed by atoms with Crippen LogP contribution >= 0.6 is 0 Å². The van der Waals surface area contributed by atoms with Crippen molar-refractivity contribution >= 4 is 27.3 Å². The third-order valence-corrected chi connectivity index (χ3v) is 4.34. The molecule has 0 saturated heterocycles. The van der Waals surface area contributed by atoms with E-state index in [0.29, 0.717) is 0 Å². The number of nitro groups is 1. The standard InChI is InChI=1S/C11H16N4O5S/c1-11(2,10(13)16)6-14-21(19,20)9-4-3-7(15(17)18)5-8(9)12/h3-5,14H,6,12H2,1-2H3,(H2,13,16). The summed E-state index contributed by atoms with van der Waals surface area (Å²) in [6.45, 7) is 2.75. The molecule has 5 N–H and O–H groups in total. The molecule has 0 radical (unpaired) electrons. The number of nitrogens with two attached hydrogens (primary N) is 2. The first-order valence-electron chi connectivity index (χ1n) is 5.81. The van der Waals surface area contributed by atoms with Gasteiger partial charge in [-0.3, -0.25) is 14.9 Å². The number of nitrogen functional groups attached to an aromatic ring is 1. The Morgan fingerprint density at radius 2 is 2.00 bits per heavy atom. The minimum absolute atomic E-state index is 0.221. The average Bonchev–Trinajstić information content (AvgIpc) is 2.36. The number of nitrogens with zero attached hydrogens (tertiary/aromatic N) is 1. The largest absolute Gasteiger partial charge is 0.397 e. The fourth-order valence-corrected chi connectivity index (χ4v) is 2.66. The summed E-state index contributed by atoms with van der Waals surface area (Å²) in [4.78, 5) is 20.7. The number of rotatable bonds is 6. The molecule has 0 aromatic heterocycles. The van der Waals surface area contributed by atoms with Gasteiger partial charge in [0.25, 0.3) is 5.69 Å². The van der Waals surface area contributed by atoms with Crippen molar-refractivity contribution in [2.75, 3.05) is 12.3 Å². The second-order valence-electron chi connectivity index (χ2n) is 5.05. The molecule has 0 aliphatic heterocycles. The fourth-order valence-electron chi connectivity index (χ4n) is 1.33. The molecule has 1 rings (SSSR count).